The first kappa shape index (κ1) is 18.5. The summed E-state index contributed by atoms with van der Waals surface area (Å²) in [5.74, 6) is 1.43. The van der Waals surface area contributed by atoms with Gasteiger partial charge >= 0.3 is 0 Å². The minimum absolute atomic E-state index is 0.160. The second-order valence-corrected chi connectivity index (χ2v) is 7.24. The predicted molar refractivity (Wildman–Crippen MR) is 107 cm³/mol. The van der Waals surface area contributed by atoms with Gasteiger partial charge in [-0.3, -0.25) is 9.69 Å². The molecule has 0 aromatic heterocycles. The van der Waals surface area contributed by atoms with Gasteiger partial charge in [-0.1, -0.05) is 12.1 Å². The molecule has 1 N–H and O–H groups in total. The number of phenols is 1. The van der Waals surface area contributed by atoms with Crippen LogP contribution in [0.3, 0.4) is 0 Å². The molecule has 6 nitrogen and oxygen atoms in total. The van der Waals surface area contributed by atoms with Crippen LogP contribution in [0.15, 0.2) is 42.2 Å². The molecule has 4 rings (SSSR count). The van der Waals surface area contributed by atoms with Gasteiger partial charge in [-0.05, 0) is 43.0 Å². The van der Waals surface area contributed by atoms with Crippen LogP contribution >= 0.6 is 0 Å². The summed E-state index contributed by atoms with van der Waals surface area (Å²) in [6.45, 7) is 4.36. The molecule has 2 aromatic rings. The van der Waals surface area contributed by atoms with Crippen LogP contribution < -0.4 is 9.47 Å². The Morgan fingerprint density at radius 1 is 1.18 bits per heavy atom. The van der Waals surface area contributed by atoms with Gasteiger partial charge in [0.1, 0.15) is 17.2 Å². The van der Waals surface area contributed by atoms with E-state index in [1.54, 1.807) is 25.3 Å². The van der Waals surface area contributed by atoms with Crippen molar-refractivity contribution >= 4 is 11.9 Å². The lowest BCUT2D eigenvalue weighted by Gasteiger charge is -2.32. The summed E-state index contributed by atoms with van der Waals surface area (Å²) in [6, 6.07) is 10.7. The second kappa shape index (κ2) is 7.66. The van der Waals surface area contributed by atoms with Crippen molar-refractivity contribution in [3.63, 3.8) is 0 Å². The smallest absolute Gasteiger partial charge is 0.231 e. The number of hydrogen-bond acceptors (Lipinski definition) is 6. The summed E-state index contributed by atoms with van der Waals surface area (Å²) in [5.41, 5.74) is 1.99. The zero-order chi connectivity index (χ0) is 19.7. The number of hydrogen-bond donors (Lipinski definition) is 1. The molecule has 2 aliphatic heterocycles. The molecule has 6 heteroatoms. The summed E-state index contributed by atoms with van der Waals surface area (Å²) < 4.78 is 11.2. The molecule has 2 heterocycles. The Morgan fingerprint density at radius 2 is 1.96 bits per heavy atom. The van der Waals surface area contributed by atoms with Gasteiger partial charge in [0, 0.05) is 32.7 Å². The highest BCUT2D eigenvalue weighted by atomic mass is 16.5. The van der Waals surface area contributed by atoms with Gasteiger partial charge < -0.3 is 19.5 Å². The fourth-order valence-electron chi connectivity index (χ4n) is 3.56. The Morgan fingerprint density at radius 3 is 2.71 bits per heavy atom. The van der Waals surface area contributed by atoms with E-state index in [0.717, 1.165) is 31.7 Å². The molecule has 0 radical (unpaired) electrons. The van der Waals surface area contributed by atoms with Gasteiger partial charge in [0.25, 0.3) is 0 Å². The van der Waals surface area contributed by atoms with Crippen LogP contribution in [-0.4, -0.2) is 61.0 Å². The second-order valence-electron chi connectivity index (χ2n) is 7.24. The van der Waals surface area contributed by atoms with Crippen LogP contribution in [0, 0.1) is 0 Å². The lowest BCUT2D eigenvalue weighted by molar-refractivity contribution is 0.101. The van der Waals surface area contributed by atoms with E-state index in [-0.39, 0.29) is 17.3 Å². The number of Topliss-reactive ketones (excluding diaryl/α,β-unsaturated/α-hetero) is 1. The molecule has 0 saturated carbocycles. The largest absolute Gasteiger partial charge is 0.507 e. The summed E-state index contributed by atoms with van der Waals surface area (Å²) in [4.78, 5) is 17.4. The molecule has 28 heavy (non-hydrogen) atoms. The molecule has 0 aliphatic carbocycles. The Balaban J connectivity index is 1.62. The van der Waals surface area contributed by atoms with Crippen molar-refractivity contribution in [1.29, 1.82) is 0 Å². The van der Waals surface area contributed by atoms with E-state index in [1.165, 1.54) is 0 Å². The molecular formula is C22H24N2O4. The molecule has 0 atom stereocenters. The number of benzene rings is 2. The van der Waals surface area contributed by atoms with E-state index in [1.807, 2.05) is 24.3 Å². The maximum atomic E-state index is 12.8. The van der Waals surface area contributed by atoms with E-state index in [2.05, 4.69) is 16.8 Å². The van der Waals surface area contributed by atoms with Crippen LogP contribution in [0.5, 0.6) is 17.2 Å². The molecule has 0 unspecified atom stereocenters. The topological polar surface area (TPSA) is 62.2 Å². The molecular weight excluding hydrogens is 356 g/mol. The van der Waals surface area contributed by atoms with Gasteiger partial charge in [0.2, 0.25) is 5.78 Å². The Bertz CT molecular complexity index is 930. The number of phenolic OH excluding ortho intramolecular Hbond substituents is 1. The number of likely N-dealkylation sites (N-methyl/N-ethyl adjacent to an activating group) is 1. The van der Waals surface area contributed by atoms with Gasteiger partial charge in [-0.2, -0.15) is 0 Å². The Hall–Kier alpha value is -2.83. The minimum atomic E-state index is -0.169. The summed E-state index contributed by atoms with van der Waals surface area (Å²) in [6.07, 6.45) is 1.71. The lowest BCUT2D eigenvalue weighted by Crippen LogP contribution is -2.43. The van der Waals surface area contributed by atoms with Crippen molar-refractivity contribution in [1.82, 2.24) is 9.80 Å². The summed E-state index contributed by atoms with van der Waals surface area (Å²) in [5, 5.41) is 10.4. The third-order valence-electron chi connectivity index (χ3n) is 5.29. The normalized spacial score (nSPS) is 18.9. The number of ketones is 1. The van der Waals surface area contributed by atoms with Gasteiger partial charge in [0.05, 0.1) is 18.2 Å². The van der Waals surface area contributed by atoms with Crippen molar-refractivity contribution in [2.45, 2.75) is 6.54 Å². The highest BCUT2D eigenvalue weighted by molar-refractivity contribution is 6.15. The van der Waals surface area contributed by atoms with Gasteiger partial charge in [0.15, 0.2) is 5.76 Å². The van der Waals surface area contributed by atoms with Crippen molar-refractivity contribution in [2.24, 2.45) is 0 Å². The van der Waals surface area contributed by atoms with E-state index in [0.29, 0.717) is 29.2 Å². The van der Waals surface area contributed by atoms with Crippen LogP contribution in [0.1, 0.15) is 21.5 Å². The first-order valence-electron chi connectivity index (χ1n) is 9.39. The maximum Gasteiger partial charge on any atom is 0.231 e. The number of carbonyl (C=O) groups excluding carboxylic acids is 1. The lowest BCUT2D eigenvalue weighted by atomic mass is 10.0. The highest BCUT2D eigenvalue weighted by Gasteiger charge is 2.32. The van der Waals surface area contributed by atoms with Crippen LogP contribution in [0.4, 0.5) is 0 Å². The molecule has 2 aliphatic rings. The number of fused-ring (bicyclic) bond motifs is 1. The first-order valence-corrected chi connectivity index (χ1v) is 9.39. The van der Waals surface area contributed by atoms with E-state index in [4.69, 9.17) is 9.47 Å². The average molecular weight is 380 g/mol. The number of nitrogens with zero attached hydrogens (tertiary/aromatic N) is 2. The van der Waals surface area contributed by atoms with Crippen molar-refractivity contribution < 1.29 is 19.4 Å². The number of piperazine rings is 1. The first-order chi connectivity index (χ1) is 13.5. The molecule has 0 bridgehead atoms. The maximum absolute atomic E-state index is 12.8. The zero-order valence-electron chi connectivity index (χ0n) is 16.1. The van der Waals surface area contributed by atoms with Gasteiger partial charge in [-0.25, -0.2) is 0 Å². The molecule has 0 spiro atoms. The average Bonchev–Trinajstić information content (AvgIpc) is 3.01. The predicted octanol–water partition coefficient (Wildman–Crippen LogP) is 2.76. The molecule has 2 aromatic carbocycles. The fraction of sp³-hybridized carbons (Fsp3) is 0.318. The van der Waals surface area contributed by atoms with E-state index >= 15 is 0 Å². The molecule has 146 valence electrons. The molecule has 1 saturated heterocycles. The van der Waals surface area contributed by atoms with Crippen LogP contribution in [0.25, 0.3) is 6.08 Å². The number of methoxy groups -OCH3 is 1. The monoisotopic (exact) mass is 380 g/mol. The number of carbonyl (C=O) groups is 1. The summed E-state index contributed by atoms with van der Waals surface area (Å²) >= 11 is 0. The third-order valence-corrected chi connectivity index (χ3v) is 5.29. The quantitative estimate of drug-likeness (QED) is 0.823. The van der Waals surface area contributed by atoms with Crippen molar-refractivity contribution in [2.75, 3.05) is 40.3 Å². The number of rotatable bonds is 4. The zero-order valence-corrected chi connectivity index (χ0v) is 16.1. The Kier molecular flexibility index (Phi) is 5.07. The van der Waals surface area contributed by atoms with Crippen LogP contribution in [-0.2, 0) is 6.54 Å². The minimum Gasteiger partial charge on any atom is -0.507 e. The summed E-state index contributed by atoms with van der Waals surface area (Å²) in [7, 11) is 3.71. The highest BCUT2D eigenvalue weighted by Crippen LogP contribution is 2.40. The number of allylic oxidation sites excluding steroid dienone is 1. The standard InChI is InChI=1S/C22H24N2O4/c1-23-8-10-24(11-9-23)14-18-19(25)7-6-17-21(26)20(28-22(17)18)13-15-4-3-5-16(12-15)27-2/h3-7,12-13,25H,8-11,14H2,1-2H3/b20-13-. The Labute approximate surface area is 164 Å². The van der Waals surface area contributed by atoms with E-state index < -0.39 is 0 Å². The van der Waals surface area contributed by atoms with Gasteiger partial charge in [-0.15, -0.1) is 0 Å². The van der Waals surface area contributed by atoms with Crippen LogP contribution in [0.2, 0.25) is 0 Å². The van der Waals surface area contributed by atoms with E-state index in [9.17, 15) is 9.90 Å². The number of aromatic hydroxyl groups is 1. The van der Waals surface area contributed by atoms with Crippen molar-refractivity contribution in [3.8, 4) is 17.2 Å². The SMILES string of the molecule is COc1cccc(/C=C2\Oc3c(ccc(O)c3CN3CCN(C)CC3)C2=O)c1. The fourth-order valence-corrected chi connectivity index (χ4v) is 3.56. The molecule has 0 amide bonds. The third kappa shape index (κ3) is 3.61. The van der Waals surface area contributed by atoms with Crippen molar-refractivity contribution in [3.05, 3.63) is 58.8 Å². The number of ether oxygens (including phenoxy) is 2. The molecule has 1 fully saturated rings.